The molecule has 8 heteroatoms. The Kier molecular flexibility index (Phi) is 14.1. The number of piperidine rings is 1. The highest BCUT2D eigenvalue weighted by Gasteiger charge is 2.21. The third-order valence-electron chi connectivity index (χ3n) is 5.07. The van der Waals surface area contributed by atoms with E-state index < -0.39 is 0 Å². The van der Waals surface area contributed by atoms with Gasteiger partial charge in [0.1, 0.15) is 0 Å². The molecule has 0 radical (unpaired) electrons. The zero-order valence-electron chi connectivity index (χ0n) is 15.8. The lowest BCUT2D eigenvalue weighted by Gasteiger charge is -2.34. The van der Waals surface area contributed by atoms with Gasteiger partial charge in [-0.1, -0.05) is 36.8 Å². The maximum Gasteiger partial charge on any atom is 0.237 e. The second kappa shape index (κ2) is 14.4. The van der Waals surface area contributed by atoms with Gasteiger partial charge in [0.25, 0.3) is 0 Å². The first-order chi connectivity index (χ1) is 11.8. The van der Waals surface area contributed by atoms with Crippen LogP contribution in [0.1, 0.15) is 24.8 Å². The Morgan fingerprint density at radius 3 is 2.30 bits per heavy atom. The zero-order valence-corrected chi connectivity index (χ0v) is 18.2. The Labute approximate surface area is 181 Å². The second-order valence-corrected chi connectivity index (χ2v) is 6.90. The Bertz CT molecular complexity index is 507. The van der Waals surface area contributed by atoms with E-state index in [4.69, 9.17) is 0 Å². The molecule has 1 aromatic carbocycles. The van der Waals surface area contributed by atoms with Crippen molar-refractivity contribution in [3.63, 3.8) is 0 Å². The van der Waals surface area contributed by atoms with Gasteiger partial charge in [-0.25, -0.2) is 0 Å². The molecule has 0 aliphatic carbocycles. The van der Waals surface area contributed by atoms with Crippen LogP contribution >= 0.6 is 37.2 Å². The Morgan fingerprint density at radius 2 is 1.67 bits per heavy atom. The lowest BCUT2D eigenvalue weighted by atomic mass is 10.0. The van der Waals surface area contributed by atoms with Crippen LogP contribution in [-0.4, -0.2) is 67.6 Å². The predicted molar refractivity (Wildman–Crippen MR) is 119 cm³/mol. The van der Waals surface area contributed by atoms with Crippen molar-refractivity contribution in [2.45, 2.75) is 31.8 Å². The van der Waals surface area contributed by atoms with Crippen molar-refractivity contribution in [3.8, 4) is 0 Å². The van der Waals surface area contributed by atoms with Crippen LogP contribution < -0.4 is 10.6 Å². The van der Waals surface area contributed by atoms with Crippen LogP contribution in [0, 0.1) is 0 Å². The van der Waals surface area contributed by atoms with E-state index in [0.29, 0.717) is 0 Å². The quantitative estimate of drug-likeness (QED) is 0.714. The van der Waals surface area contributed by atoms with Gasteiger partial charge in [0.15, 0.2) is 0 Å². The second-order valence-electron chi connectivity index (χ2n) is 6.90. The summed E-state index contributed by atoms with van der Waals surface area (Å²) in [6.45, 7) is 8.11. The van der Waals surface area contributed by atoms with E-state index in [0.717, 1.165) is 65.2 Å². The normalized spacial score (nSPS) is 20.5. The smallest absolute Gasteiger partial charge is 0.237 e. The lowest BCUT2D eigenvalue weighted by molar-refractivity contribution is -0.123. The number of rotatable bonds is 6. The highest BCUT2D eigenvalue weighted by molar-refractivity contribution is 5.86. The Morgan fingerprint density at radius 1 is 1.00 bits per heavy atom. The van der Waals surface area contributed by atoms with Gasteiger partial charge in [-0.3, -0.25) is 14.6 Å². The van der Waals surface area contributed by atoms with Crippen LogP contribution in [0.25, 0.3) is 0 Å². The highest BCUT2D eigenvalue weighted by Crippen LogP contribution is 2.08. The first-order valence-corrected chi connectivity index (χ1v) is 9.31. The van der Waals surface area contributed by atoms with Gasteiger partial charge < -0.3 is 10.6 Å². The van der Waals surface area contributed by atoms with E-state index in [1.165, 1.54) is 12.0 Å². The van der Waals surface area contributed by atoms with Gasteiger partial charge in [-0.15, -0.1) is 37.2 Å². The maximum absolute atomic E-state index is 12.1. The fourth-order valence-electron chi connectivity index (χ4n) is 3.55. The lowest BCUT2D eigenvalue weighted by Crippen LogP contribution is -2.50. The van der Waals surface area contributed by atoms with Gasteiger partial charge in [0, 0.05) is 45.8 Å². The summed E-state index contributed by atoms with van der Waals surface area (Å²) in [6, 6.07) is 10.7. The standard InChI is InChI=1S/C19H30N4O.3ClH/c24-19(18-8-4-5-9-20-18)21-10-11-22-12-14-23(15-13-22)16-17-6-2-1-3-7-17;;;/h1-3,6-7,18,20H,4-5,8-16H2,(H,21,24);3*1H/t18-;;;/m1.../s1. The molecule has 2 aliphatic heterocycles. The van der Waals surface area contributed by atoms with Gasteiger partial charge in [-0.05, 0) is 24.9 Å². The van der Waals surface area contributed by atoms with Crippen LogP contribution in [0.5, 0.6) is 0 Å². The van der Waals surface area contributed by atoms with Crippen molar-refractivity contribution in [2.24, 2.45) is 0 Å². The number of amides is 1. The number of hydrogen-bond donors (Lipinski definition) is 2. The number of piperazine rings is 1. The molecule has 156 valence electrons. The average Bonchev–Trinajstić information content (AvgIpc) is 2.65. The third kappa shape index (κ3) is 8.99. The molecule has 1 amide bonds. The summed E-state index contributed by atoms with van der Waals surface area (Å²) in [6.07, 6.45) is 3.33. The molecule has 5 nitrogen and oxygen atoms in total. The molecule has 0 unspecified atom stereocenters. The number of hydrogen-bond acceptors (Lipinski definition) is 4. The molecule has 0 aromatic heterocycles. The van der Waals surface area contributed by atoms with Gasteiger partial charge in [0.2, 0.25) is 5.91 Å². The topological polar surface area (TPSA) is 47.6 Å². The van der Waals surface area contributed by atoms with Gasteiger partial charge >= 0.3 is 0 Å². The summed E-state index contributed by atoms with van der Waals surface area (Å²) in [5.41, 5.74) is 1.39. The van der Waals surface area contributed by atoms with Crippen LogP contribution in [-0.2, 0) is 11.3 Å². The van der Waals surface area contributed by atoms with E-state index in [1.54, 1.807) is 0 Å². The minimum atomic E-state index is 0. The fraction of sp³-hybridized carbons (Fsp3) is 0.632. The van der Waals surface area contributed by atoms with E-state index in [2.05, 4.69) is 50.8 Å². The van der Waals surface area contributed by atoms with Crippen LogP contribution in [0.3, 0.4) is 0 Å². The summed E-state index contributed by atoms with van der Waals surface area (Å²) in [7, 11) is 0. The number of nitrogens with zero attached hydrogens (tertiary/aromatic N) is 2. The molecular formula is C19H33Cl3N4O. The molecule has 0 bridgehead atoms. The molecule has 3 rings (SSSR count). The molecule has 2 saturated heterocycles. The minimum absolute atomic E-state index is 0. The van der Waals surface area contributed by atoms with Crippen LogP contribution in [0.2, 0.25) is 0 Å². The van der Waals surface area contributed by atoms with Crippen molar-refractivity contribution in [3.05, 3.63) is 35.9 Å². The summed E-state index contributed by atoms with van der Waals surface area (Å²) in [5, 5.41) is 6.40. The SMILES string of the molecule is Cl.Cl.Cl.O=C(NCCN1CCN(Cc2ccccc2)CC1)[C@H]1CCCCN1. The first-order valence-electron chi connectivity index (χ1n) is 9.31. The van der Waals surface area contributed by atoms with E-state index in [-0.39, 0.29) is 49.2 Å². The highest BCUT2D eigenvalue weighted by atomic mass is 35.5. The van der Waals surface area contributed by atoms with E-state index in [1.807, 2.05) is 0 Å². The van der Waals surface area contributed by atoms with Crippen molar-refractivity contribution >= 4 is 43.1 Å². The molecule has 1 atom stereocenters. The minimum Gasteiger partial charge on any atom is -0.353 e. The molecule has 0 spiro atoms. The number of carbonyl (C=O) groups is 1. The molecule has 0 saturated carbocycles. The van der Waals surface area contributed by atoms with E-state index in [9.17, 15) is 4.79 Å². The third-order valence-corrected chi connectivity index (χ3v) is 5.07. The number of benzene rings is 1. The number of halogens is 3. The summed E-state index contributed by atoms with van der Waals surface area (Å²) in [4.78, 5) is 17.1. The molecule has 2 aliphatic rings. The van der Waals surface area contributed by atoms with Crippen molar-refractivity contribution in [2.75, 3.05) is 45.8 Å². The van der Waals surface area contributed by atoms with Crippen LogP contribution in [0.15, 0.2) is 30.3 Å². The Hall–Kier alpha value is -0.560. The van der Waals surface area contributed by atoms with Crippen molar-refractivity contribution in [1.29, 1.82) is 0 Å². The monoisotopic (exact) mass is 438 g/mol. The predicted octanol–water partition coefficient (Wildman–Crippen LogP) is 2.33. The number of nitrogens with one attached hydrogen (secondary N) is 2. The summed E-state index contributed by atoms with van der Waals surface area (Å²) in [5.74, 6) is 0.178. The fourth-order valence-corrected chi connectivity index (χ4v) is 3.55. The van der Waals surface area contributed by atoms with Crippen molar-refractivity contribution in [1.82, 2.24) is 20.4 Å². The first kappa shape index (κ1) is 26.4. The zero-order chi connectivity index (χ0) is 16.6. The molecule has 2 heterocycles. The molecule has 27 heavy (non-hydrogen) atoms. The molecule has 1 aromatic rings. The van der Waals surface area contributed by atoms with Crippen molar-refractivity contribution < 1.29 is 4.79 Å². The molecule has 2 N–H and O–H groups in total. The van der Waals surface area contributed by atoms with E-state index >= 15 is 0 Å². The maximum atomic E-state index is 12.1. The largest absolute Gasteiger partial charge is 0.353 e. The van der Waals surface area contributed by atoms with Gasteiger partial charge in [-0.2, -0.15) is 0 Å². The molecule has 2 fully saturated rings. The Balaban J connectivity index is 0.00000225. The average molecular weight is 440 g/mol. The number of carbonyl (C=O) groups excluding carboxylic acids is 1. The van der Waals surface area contributed by atoms with Crippen LogP contribution in [0.4, 0.5) is 0 Å². The summed E-state index contributed by atoms with van der Waals surface area (Å²) < 4.78 is 0. The van der Waals surface area contributed by atoms with Gasteiger partial charge in [0.05, 0.1) is 6.04 Å². The summed E-state index contributed by atoms with van der Waals surface area (Å²) >= 11 is 0. The molecular weight excluding hydrogens is 407 g/mol.